The number of hydrogen-bond donors (Lipinski definition) is 0. The van der Waals surface area contributed by atoms with Gasteiger partial charge in [-0.2, -0.15) is 0 Å². The smallest absolute Gasteiger partial charge is 0.163 e. The molecule has 1 aromatic heterocycles. The third-order valence-corrected chi connectivity index (χ3v) is 3.80. The van der Waals surface area contributed by atoms with Crippen LogP contribution in [0.4, 0.5) is 0 Å². The molecule has 0 fully saturated rings. The maximum absolute atomic E-state index is 12.6. The molecule has 0 saturated carbocycles. The van der Waals surface area contributed by atoms with E-state index in [0.717, 1.165) is 16.7 Å². The van der Waals surface area contributed by atoms with Crippen molar-refractivity contribution in [2.45, 2.75) is 12.3 Å². The molecule has 108 valence electrons. The van der Waals surface area contributed by atoms with Gasteiger partial charge >= 0.3 is 0 Å². The zero-order chi connectivity index (χ0) is 15.2. The van der Waals surface area contributed by atoms with Crippen LogP contribution >= 0.6 is 0 Å². The molecule has 0 saturated heterocycles. The Morgan fingerprint density at radius 3 is 1.95 bits per heavy atom. The molecule has 1 unspecified atom stereocenters. The fourth-order valence-electron chi connectivity index (χ4n) is 2.64. The molecule has 3 rings (SSSR count). The highest BCUT2D eigenvalue weighted by Gasteiger charge is 2.18. The van der Waals surface area contributed by atoms with E-state index in [1.807, 2.05) is 60.7 Å². The number of carbonyl (C=O) groups excluding carboxylic acids is 1. The number of carbonyl (C=O) groups is 1. The topological polar surface area (TPSA) is 30.0 Å². The van der Waals surface area contributed by atoms with Crippen molar-refractivity contribution in [2.24, 2.45) is 0 Å². The molecule has 0 aliphatic rings. The quantitative estimate of drug-likeness (QED) is 0.647. The molecule has 0 aliphatic heterocycles. The minimum atomic E-state index is 0.0527. The van der Waals surface area contributed by atoms with Gasteiger partial charge in [-0.15, -0.1) is 0 Å². The summed E-state index contributed by atoms with van der Waals surface area (Å²) < 4.78 is 0. The summed E-state index contributed by atoms with van der Waals surface area (Å²) in [6.07, 6.45) is 4.01. The molecule has 0 bridgehead atoms. The molecule has 0 radical (unpaired) electrons. The molecular weight excluding hydrogens is 270 g/mol. The van der Waals surface area contributed by atoms with E-state index >= 15 is 0 Å². The SMILES string of the molecule is O=C(CC(c1ccccc1)c1ccncc1)c1ccccc1. The third-order valence-electron chi connectivity index (χ3n) is 3.80. The van der Waals surface area contributed by atoms with Crippen LogP contribution in [0, 0.1) is 0 Å². The van der Waals surface area contributed by atoms with Gasteiger partial charge < -0.3 is 0 Å². The number of Topliss-reactive ketones (excluding diaryl/α,β-unsaturated/α-hetero) is 1. The van der Waals surface area contributed by atoms with Crippen LogP contribution in [0.5, 0.6) is 0 Å². The summed E-state index contributed by atoms with van der Waals surface area (Å²) in [5.41, 5.74) is 3.03. The van der Waals surface area contributed by atoms with Gasteiger partial charge in [0.25, 0.3) is 0 Å². The van der Waals surface area contributed by atoms with Gasteiger partial charge in [0.05, 0.1) is 0 Å². The van der Waals surface area contributed by atoms with Crippen LogP contribution in [0.25, 0.3) is 0 Å². The number of nitrogens with zero attached hydrogens (tertiary/aromatic N) is 1. The van der Waals surface area contributed by atoms with E-state index < -0.39 is 0 Å². The first-order valence-electron chi connectivity index (χ1n) is 7.38. The Kier molecular flexibility index (Phi) is 4.40. The molecule has 0 aliphatic carbocycles. The molecule has 1 heterocycles. The van der Waals surface area contributed by atoms with E-state index in [4.69, 9.17) is 0 Å². The Bertz CT molecular complexity index is 684. The predicted octanol–water partition coefficient (Wildman–Crippen LogP) is 4.49. The number of aromatic nitrogens is 1. The van der Waals surface area contributed by atoms with Crippen LogP contribution in [0.3, 0.4) is 0 Å². The van der Waals surface area contributed by atoms with E-state index in [0.29, 0.717) is 6.42 Å². The lowest BCUT2D eigenvalue weighted by Gasteiger charge is -2.17. The lowest BCUT2D eigenvalue weighted by molar-refractivity contribution is 0.0977. The summed E-state index contributed by atoms with van der Waals surface area (Å²) in [7, 11) is 0. The van der Waals surface area contributed by atoms with E-state index in [2.05, 4.69) is 17.1 Å². The molecule has 0 amide bonds. The fourth-order valence-corrected chi connectivity index (χ4v) is 2.64. The summed E-state index contributed by atoms with van der Waals surface area (Å²) >= 11 is 0. The molecular formula is C20H17NO. The normalized spacial score (nSPS) is 11.8. The van der Waals surface area contributed by atoms with Gasteiger partial charge in [-0.1, -0.05) is 60.7 Å². The number of hydrogen-bond acceptors (Lipinski definition) is 2. The van der Waals surface area contributed by atoms with Crippen molar-refractivity contribution in [1.29, 1.82) is 0 Å². The maximum Gasteiger partial charge on any atom is 0.163 e. The van der Waals surface area contributed by atoms with E-state index in [1.165, 1.54) is 0 Å². The summed E-state index contributed by atoms with van der Waals surface area (Å²) in [5.74, 6) is 0.211. The van der Waals surface area contributed by atoms with Gasteiger partial charge in [-0.25, -0.2) is 0 Å². The summed E-state index contributed by atoms with van der Waals surface area (Å²) in [6, 6.07) is 23.6. The van der Waals surface area contributed by atoms with Crippen LogP contribution < -0.4 is 0 Å². The Morgan fingerprint density at radius 1 is 0.773 bits per heavy atom. The number of ketones is 1. The van der Waals surface area contributed by atoms with E-state index in [9.17, 15) is 4.79 Å². The van der Waals surface area contributed by atoms with Crippen LogP contribution in [0.1, 0.15) is 33.8 Å². The predicted molar refractivity (Wildman–Crippen MR) is 87.9 cm³/mol. The monoisotopic (exact) mass is 287 g/mol. The molecule has 0 N–H and O–H groups in total. The molecule has 2 aromatic carbocycles. The highest BCUT2D eigenvalue weighted by atomic mass is 16.1. The second-order valence-corrected chi connectivity index (χ2v) is 5.24. The lowest BCUT2D eigenvalue weighted by Crippen LogP contribution is -2.09. The van der Waals surface area contributed by atoms with E-state index in [1.54, 1.807) is 12.4 Å². The van der Waals surface area contributed by atoms with Crippen LogP contribution in [0.2, 0.25) is 0 Å². The zero-order valence-electron chi connectivity index (χ0n) is 12.2. The van der Waals surface area contributed by atoms with Gasteiger partial charge in [-0.3, -0.25) is 9.78 Å². The Hall–Kier alpha value is -2.74. The van der Waals surface area contributed by atoms with Crippen LogP contribution in [-0.2, 0) is 0 Å². The average Bonchev–Trinajstić information content (AvgIpc) is 2.62. The summed E-state index contributed by atoms with van der Waals surface area (Å²) in [6.45, 7) is 0. The highest BCUT2D eigenvalue weighted by molar-refractivity contribution is 5.96. The third kappa shape index (κ3) is 3.29. The molecule has 2 nitrogen and oxygen atoms in total. The maximum atomic E-state index is 12.6. The minimum Gasteiger partial charge on any atom is -0.294 e. The van der Waals surface area contributed by atoms with Crippen molar-refractivity contribution in [3.63, 3.8) is 0 Å². The molecule has 22 heavy (non-hydrogen) atoms. The summed E-state index contributed by atoms with van der Waals surface area (Å²) in [5, 5.41) is 0. The largest absolute Gasteiger partial charge is 0.294 e. The fraction of sp³-hybridized carbons (Fsp3) is 0.100. The number of benzene rings is 2. The standard InChI is InChI=1S/C20H17NO/c22-20(18-9-5-2-6-10-18)15-19(16-7-3-1-4-8-16)17-11-13-21-14-12-17/h1-14,19H,15H2. The average molecular weight is 287 g/mol. The number of rotatable bonds is 5. The van der Waals surface area contributed by atoms with Gasteiger partial charge in [0, 0.05) is 30.3 Å². The van der Waals surface area contributed by atoms with Crippen molar-refractivity contribution >= 4 is 5.78 Å². The lowest BCUT2D eigenvalue weighted by atomic mass is 9.86. The first kappa shape index (κ1) is 14.2. The van der Waals surface area contributed by atoms with Crippen molar-refractivity contribution in [1.82, 2.24) is 4.98 Å². The first-order valence-corrected chi connectivity index (χ1v) is 7.38. The van der Waals surface area contributed by atoms with Crippen molar-refractivity contribution in [2.75, 3.05) is 0 Å². The van der Waals surface area contributed by atoms with Crippen LogP contribution in [-0.4, -0.2) is 10.8 Å². The van der Waals surface area contributed by atoms with Crippen molar-refractivity contribution in [3.05, 3.63) is 102 Å². The zero-order valence-corrected chi connectivity index (χ0v) is 12.2. The Balaban J connectivity index is 1.91. The molecule has 1 atom stereocenters. The first-order chi connectivity index (χ1) is 10.8. The second-order valence-electron chi connectivity index (χ2n) is 5.24. The molecule has 0 spiro atoms. The van der Waals surface area contributed by atoms with Gasteiger partial charge in [0.1, 0.15) is 0 Å². The minimum absolute atomic E-state index is 0.0527. The van der Waals surface area contributed by atoms with Gasteiger partial charge in [0.15, 0.2) is 5.78 Å². The second kappa shape index (κ2) is 6.81. The summed E-state index contributed by atoms with van der Waals surface area (Å²) in [4.78, 5) is 16.7. The molecule has 3 aromatic rings. The van der Waals surface area contributed by atoms with E-state index in [-0.39, 0.29) is 11.7 Å². The van der Waals surface area contributed by atoms with Gasteiger partial charge in [0.2, 0.25) is 0 Å². The van der Waals surface area contributed by atoms with Crippen molar-refractivity contribution in [3.8, 4) is 0 Å². The van der Waals surface area contributed by atoms with Crippen LogP contribution in [0.15, 0.2) is 85.2 Å². The van der Waals surface area contributed by atoms with Crippen molar-refractivity contribution < 1.29 is 4.79 Å². The Labute approximate surface area is 130 Å². The highest BCUT2D eigenvalue weighted by Crippen LogP contribution is 2.28. The Morgan fingerprint density at radius 2 is 1.32 bits per heavy atom. The van der Waals surface area contributed by atoms with Gasteiger partial charge in [-0.05, 0) is 23.3 Å². The molecule has 2 heteroatoms. The number of pyridine rings is 1.